The Morgan fingerprint density at radius 1 is 0.864 bits per heavy atom. The van der Waals surface area contributed by atoms with Crippen molar-refractivity contribution >= 4 is 22.6 Å². The molecule has 0 radical (unpaired) electrons. The molecule has 0 saturated carbocycles. The summed E-state index contributed by atoms with van der Waals surface area (Å²) in [7, 11) is 1.66. The summed E-state index contributed by atoms with van der Waals surface area (Å²) in [4.78, 5) is 12.2. The second kappa shape index (κ2) is 4.85. The van der Waals surface area contributed by atoms with E-state index in [1.54, 1.807) is 13.2 Å². The van der Waals surface area contributed by atoms with Crippen LogP contribution in [0.1, 0.15) is 15.9 Å². The summed E-state index contributed by atoms with van der Waals surface area (Å²) in [6.07, 6.45) is 3.49. The van der Waals surface area contributed by atoms with Crippen molar-refractivity contribution in [2.75, 3.05) is 7.11 Å². The van der Waals surface area contributed by atoms with Crippen LogP contribution in [0.3, 0.4) is 0 Å². The number of carbonyl (C=O) groups excluding carboxylic acids is 1. The second-order valence-electron chi connectivity index (χ2n) is 5.36. The summed E-state index contributed by atoms with van der Waals surface area (Å²) in [5.74, 6) is 0.859. The first kappa shape index (κ1) is 12.8. The van der Waals surface area contributed by atoms with Crippen LogP contribution in [0.25, 0.3) is 28.0 Å². The number of hydrogen-bond donors (Lipinski definition) is 0. The highest BCUT2D eigenvalue weighted by Gasteiger charge is 2.18. The molecular weight excluding hydrogens is 272 g/mol. The predicted octanol–water partition coefficient (Wildman–Crippen LogP) is 4.72. The standard InChI is InChI=1S/C20H14O2/c1-22-15-11-14-7-10-19(21)17-9-8-16(18(12-15)20(14)17)13-5-3-2-4-6-13/h2-12H,1H3. The molecule has 0 bridgehead atoms. The minimum Gasteiger partial charge on any atom is -0.497 e. The van der Waals surface area contributed by atoms with Gasteiger partial charge < -0.3 is 4.74 Å². The largest absolute Gasteiger partial charge is 0.497 e. The van der Waals surface area contributed by atoms with E-state index >= 15 is 0 Å². The Morgan fingerprint density at radius 2 is 1.64 bits per heavy atom. The summed E-state index contributed by atoms with van der Waals surface area (Å²) in [6.45, 7) is 0. The number of ether oxygens (including phenoxy) is 1. The van der Waals surface area contributed by atoms with Gasteiger partial charge in [-0.15, -0.1) is 0 Å². The van der Waals surface area contributed by atoms with Crippen LogP contribution in [0, 0.1) is 0 Å². The molecule has 4 rings (SSSR count). The van der Waals surface area contributed by atoms with Gasteiger partial charge in [-0.1, -0.05) is 42.5 Å². The summed E-state index contributed by atoms with van der Waals surface area (Å²) in [5, 5.41) is 2.06. The van der Waals surface area contributed by atoms with Crippen LogP contribution in [0.2, 0.25) is 0 Å². The molecule has 3 aromatic rings. The number of allylic oxidation sites excluding steroid dienone is 1. The Hall–Kier alpha value is -2.87. The zero-order chi connectivity index (χ0) is 15.1. The first-order valence-corrected chi connectivity index (χ1v) is 7.20. The number of carbonyl (C=O) groups is 1. The van der Waals surface area contributed by atoms with Crippen molar-refractivity contribution in [1.29, 1.82) is 0 Å². The lowest BCUT2D eigenvalue weighted by Crippen LogP contribution is -2.02. The number of hydrogen-bond acceptors (Lipinski definition) is 2. The normalized spacial score (nSPS) is 12.7. The molecule has 1 aliphatic carbocycles. The van der Waals surface area contributed by atoms with E-state index in [2.05, 4.69) is 12.1 Å². The molecule has 0 fully saturated rings. The van der Waals surface area contributed by atoms with Gasteiger partial charge >= 0.3 is 0 Å². The molecule has 0 heterocycles. The Morgan fingerprint density at radius 3 is 2.41 bits per heavy atom. The average Bonchev–Trinajstić information content (AvgIpc) is 2.58. The van der Waals surface area contributed by atoms with E-state index in [1.165, 1.54) is 0 Å². The van der Waals surface area contributed by atoms with Crippen LogP contribution in [0.15, 0.2) is 60.7 Å². The SMILES string of the molecule is COc1cc2c3c(ccc(-c4ccccc4)c3c1)C(=O)C=C2. The van der Waals surface area contributed by atoms with Crippen molar-refractivity contribution in [2.45, 2.75) is 0 Å². The Balaban J connectivity index is 2.13. The van der Waals surface area contributed by atoms with E-state index in [0.29, 0.717) is 0 Å². The van der Waals surface area contributed by atoms with Crippen molar-refractivity contribution in [3.05, 3.63) is 71.8 Å². The molecule has 0 saturated heterocycles. The molecule has 0 aliphatic heterocycles. The fourth-order valence-electron chi connectivity index (χ4n) is 3.07. The van der Waals surface area contributed by atoms with E-state index in [-0.39, 0.29) is 5.78 Å². The number of benzene rings is 3. The smallest absolute Gasteiger partial charge is 0.186 e. The third kappa shape index (κ3) is 1.85. The zero-order valence-corrected chi connectivity index (χ0v) is 12.2. The van der Waals surface area contributed by atoms with Gasteiger partial charge in [-0.3, -0.25) is 4.79 Å². The van der Waals surface area contributed by atoms with E-state index in [0.717, 1.165) is 38.8 Å². The highest BCUT2D eigenvalue weighted by Crippen LogP contribution is 2.38. The lowest BCUT2D eigenvalue weighted by Gasteiger charge is -2.16. The first-order valence-electron chi connectivity index (χ1n) is 7.20. The third-order valence-corrected chi connectivity index (χ3v) is 4.12. The topological polar surface area (TPSA) is 26.3 Å². The van der Waals surface area contributed by atoms with Crippen molar-refractivity contribution < 1.29 is 9.53 Å². The van der Waals surface area contributed by atoms with Gasteiger partial charge in [0.25, 0.3) is 0 Å². The van der Waals surface area contributed by atoms with Gasteiger partial charge in [-0.05, 0) is 46.4 Å². The van der Waals surface area contributed by atoms with Crippen LogP contribution < -0.4 is 4.74 Å². The van der Waals surface area contributed by atoms with E-state index in [1.807, 2.05) is 48.5 Å². The molecule has 22 heavy (non-hydrogen) atoms. The fraction of sp³-hybridized carbons (Fsp3) is 0.0500. The van der Waals surface area contributed by atoms with Crippen molar-refractivity contribution in [2.24, 2.45) is 0 Å². The van der Waals surface area contributed by atoms with Crippen LogP contribution in [-0.2, 0) is 0 Å². The molecule has 0 amide bonds. The van der Waals surface area contributed by atoms with Gasteiger partial charge in [0.15, 0.2) is 5.78 Å². The molecule has 106 valence electrons. The van der Waals surface area contributed by atoms with Gasteiger partial charge in [-0.2, -0.15) is 0 Å². The maximum absolute atomic E-state index is 12.2. The van der Waals surface area contributed by atoms with Crippen LogP contribution in [-0.4, -0.2) is 12.9 Å². The third-order valence-electron chi connectivity index (χ3n) is 4.12. The van der Waals surface area contributed by atoms with Crippen molar-refractivity contribution in [1.82, 2.24) is 0 Å². The monoisotopic (exact) mass is 286 g/mol. The highest BCUT2D eigenvalue weighted by molar-refractivity contribution is 6.22. The molecular formula is C20H14O2. The zero-order valence-electron chi connectivity index (χ0n) is 12.2. The molecule has 1 aliphatic rings. The molecule has 2 heteroatoms. The quantitative estimate of drug-likeness (QED) is 0.681. The van der Waals surface area contributed by atoms with E-state index in [9.17, 15) is 4.79 Å². The Labute approximate surface area is 128 Å². The Kier molecular flexibility index (Phi) is 2.83. The molecule has 0 atom stereocenters. The molecule has 0 N–H and O–H groups in total. The summed E-state index contributed by atoms with van der Waals surface area (Å²) in [5.41, 5.74) is 4.04. The molecule has 0 aromatic heterocycles. The van der Waals surface area contributed by atoms with Crippen LogP contribution in [0.4, 0.5) is 0 Å². The number of methoxy groups -OCH3 is 1. The van der Waals surface area contributed by atoms with E-state index < -0.39 is 0 Å². The maximum atomic E-state index is 12.2. The van der Waals surface area contributed by atoms with Crippen molar-refractivity contribution in [3.8, 4) is 16.9 Å². The fourth-order valence-corrected chi connectivity index (χ4v) is 3.07. The van der Waals surface area contributed by atoms with Crippen LogP contribution >= 0.6 is 0 Å². The van der Waals surface area contributed by atoms with Gasteiger partial charge in [0.2, 0.25) is 0 Å². The van der Waals surface area contributed by atoms with Gasteiger partial charge in [0, 0.05) is 10.9 Å². The molecule has 3 aromatic carbocycles. The lowest BCUT2D eigenvalue weighted by molar-refractivity contribution is 0.104. The summed E-state index contributed by atoms with van der Waals surface area (Å²) < 4.78 is 5.43. The van der Waals surface area contributed by atoms with Gasteiger partial charge in [0.05, 0.1) is 7.11 Å². The van der Waals surface area contributed by atoms with Crippen molar-refractivity contribution in [3.63, 3.8) is 0 Å². The number of rotatable bonds is 2. The summed E-state index contributed by atoms with van der Waals surface area (Å²) >= 11 is 0. The Bertz CT molecular complexity index is 921. The summed E-state index contributed by atoms with van der Waals surface area (Å²) in [6, 6.07) is 18.1. The second-order valence-corrected chi connectivity index (χ2v) is 5.36. The molecule has 2 nitrogen and oxygen atoms in total. The molecule has 0 spiro atoms. The number of ketones is 1. The predicted molar refractivity (Wildman–Crippen MR) is 89.3 cm³/mol. The minimum absolute atomic E-state index is 0.0577. The minimum atomic E-state index is 0.0577. The first-order chi connectivity index (χ1) is 10.8. The highest BCUT2D eigenvalue weighted by atomic mass is 16.5. The van der Waals surface area contributed by atoms with Gasteiger partial charge in [-0.25, -0.2) is 0 Å². The maximum Gasteiger partial charge on any atom is 0.186 e. The molecule has 0 unspecified atom stereocenters. The van der Waals surface area contributed by atoms with Crippen LogP contribution in [0.5, 0.6) is 5.75 Å². The average molecular weight is 286 g/mol. The van der Waals surface area contributed by atoms with Gasteiger partial charge in [0.1, 0.15) is 5.75 Å². The lowest BCUT2D eigenvalue weighted by atomic mass is 9.88. The van der Waals surface area contributed by atoms with E-state index in [4.69, 9.17) is 4.74 Å².